The molecule has 1 aliphatic heterocycles. The number of aromatic nitrogens is 4. The maximum Gasteiger partial charge on any atom is 0.225 e. The molecule has 1 atom stereocenters. The van der Waals surface area contributed by atoms with E-state index in [9.17, 15) is 0 Å². The van der Waals surface area contributed by atoms with Crippen LogP contribution in [0.2, 0.25) is 0 Å². The first-order valence-electron chi connectivity index (χ1n) is 7.57. The third-order valence-corrected chi connectivity index (χ3v) is 4.60. The van der Waals surface area contributed by atoms with Gasteiger partial charge in [-0.05, 0) is 31.0 Å². The molecule has 4 heterocycles. The minimum Gasteiger partial charge on any atom is -0.332 e. The van der Waals surface area contributed by atoms with Crippen LogP contribution < -0.4 is 10.2 Å². The van der Waals surface area contributed by atoms with Crippen LogP contribution in [0.25, 0.3) is 0 Å². The van der Waals surface area contributed by atoms with Crippen LogP contribution in [0.4, 0.5) is 16.9 Å². The molecule has 1 N–H and O–H groups in total. The molecule has 0 radical (unpaired) electrons. The smallest absolute Gasteiger partial charge is 0.225 e. The van der Waals surface area contributed by atoms with Crippen molar-refractivity contribution in [3.8, 4) is 0 Å². The summed E-state index contributed by atoms with van der Waals surface area (Å²) in [6.07, 6.45) is 7.54. The van der Waals surface area contributed by atoms with Gasteiger partial charge in [-0.1, -0.05) is 6.07 Å². The number of nitrogens with one attached hydrogen (secondary N) is 1. The lowest BCUT2D eigenvalue weighted by Crippen LogP contribution is -2.24. The highest BCUT2D eigenvalue weighted by Gasteiger charge is 2.29. The van der Waals surface area contributed by atoms with Crippen LogP contribution in [0.1, 0.15) is 24.6 Å². The molecule has 0 unspecified atom stereocenters. The van der Waals surface area contributed by atoms with Crippen molar-refractivity contribution >= 4 is 28.2 Å². The molecule has 4 rings (SSSR count). The molecule has 0 amide bonds. The van der Waals surface area contributed by atoms with Crippen LogP contribution in [0.5, 0.6) is 0 Å². The van der Waals surface area contributed by atoms with Crippen molar-refractivity contribution in [1.29, 1.82) is 0 Å². The second-order valence-electron chi connectivity index (χ2n) is 5.32. The van der Waals surface area contributed by atoms with Crippen molar-refractivity contribution in [3.63, 3.8) is 0 Å². The molecule has 23 heavy (non-hydrogen) atoms. The number of anilines is 3. The van der Waals surface area contributed by atoms with Gasteiger partial charge in [0, 0.05) is 30.5 Å². The highest BCUT2D eigenvalue weighted by Crippen LogP contribution is 2.35. The summed E-state index contributed by atoms with van der Waals surface area (Å²) in [4.78, 5) is 20.0. The molecule has 3 aromatic rings. The van der Waals surface area contributed by atoms with Gasteiger partial charge in [0.15, 0.2) is 5.13 Å². The Kier molecular flexibility index (Phi) is 3.85. The molecular weight excluding hydrogens is 308 g/mol. The Balaban J connectivity index is 1.54. The summed E-state index contributed by atoms with van der Waals surface area (Å²) in [5, 5.41) is 6.22. The van der Waals surface area contributed by atoms with Gasteiger partial charge in [0.1, 0.15) is 5.82 Å². The first-order valence-corrected chi connectivity index (χ1v) is 8.45. The number of rotatable bonds is 4. The van der Waals surface area contributed by atoms with E-state index in [0.717, 1.165) is 42.0 Å². The van der Waals surface area contributed by atoms with Gasteiger partial charge in [-0.25, -0.2) is 19.9 Å². The van der Waals surface area contributed by atoms with E-state index in [-0.39, 0.29) is 6.04 Å². The molecule has 3 aromatic heterocycles. The highest BCUT2D eigenvalue weighted by molar-refractivity contribution is 7.13. The van der Waals surface area contributed by atoms with E-state index in [1.165, 1.54) is 0 Å². The number of nitrogens with zero attached hydrogens (tertiary/aromatic N) is 5. The number of pyridine rings is 1. The predicted octanol–water partition coefficient (Wildman–Crippen LogP) is 3.41. The van der Waals surface area contributed by atoms with Gasteiger partial charge < -0.3 is 10.2 Å². The fourth-order valence-corrected chi connectivity index (χ4v) is 3.56. The standard InChI is InChI=1S/C16H16N6S/c1-2-7-17-14(6-1)21-16-20-12(11-23-16)13-5-3-10-22(13)15-18-8-4-9-19-15/h1-2,4,6-9,11,13H,3,5,10H2,(H,17,20,21)/t13-/m1/s1. The SMILES string of the molecule is c1ccc(Nc2nc([C@H]3CCCN3c3ncccn3)cs2)nc1. The van der Waals surface area contributed by atoms with Gasteiger partial charge in [-0.15, -0.1) is 11.3 Å². The van der Waals surface area contributed by atoms with Gasteiger partial charge in [-0.3, -0.25) is 0 Å². The normalized spacial score (nSPS) is 17.4. The lowest BCUT2D eigenvalue weighted by molar-refractivity contribution is 0.685. The zero-order chi connectivity index (χ0) is 15.5. The number of thiazole rings is 1. The van der Waals surface area contributed by atoms with Crippen molar-refractivity contribution < 1.29 is 0 Å². The zero-order valence-electron chi connectivity index (χ0n) is 12.5. The Bertz CT molecular complexity index is 761. The van der Waals surface area contributed by atoms with Gasteiger partial charge >= 0.3 is 0 Å². The summed E-state index contributed by atoms with van der Waals surface area (Å²) in [5.41, 5.74) is 1.07. The van der Waals surface area contributed by atoms with Crippen LogP contribution in [0.3, 0.4) is 0 Å². The Morgan fingerprint density at radius 1 is 1.09 bits per heavy atom. The minimum absolute atomic E-state index is 0.243. The fraction of sp³-hybridized carbons (Fsp3) is 0.250. The molecule has 0 aromatic carbocycles. The minimum atomic E-state index is 0.243. The van der Waals surface area contributed by atoms with Gasteiger partial charge in [0.05, 0.1) is 11.7 Å². The van der Waals surface area contributed by atoms with Crippen molar-refractivity contribution in [1.82, 2.24) is 19.9 Å². The van der Waals surface area contributed by atoms with Gasteiger partial charge in [-0.2, -0.15) is 0 Å². The lowest BCUT2D eigenvalue weighted by Gasteiger charge is -2.22. The number of hydrogen-bond donors (Lipinski definition) is 1. The van der Waals surface area contributed by atoms with Crippen molar-refractivity contribution in [2.45, 2.75) is 18.9 Å². The molecule has 0 spiro atoms. The topological polar surface area (TPSA) is 66.8 Å². The van der Waals surface area contributed by atoms with Crippen molar-refractivity contribution in [2.75, 3.05) is 16.8 Å². The summed E-state index contributed by atoms with van der Waals surface area (Å²) in [6.45, 7) is 0.967. The molecule has 0 bridgehead atoms. The van der Waals surface area contributed by atoms with E-state index in [0.29, 0.717) is 0 Å². The summed E-state index contributed by atoms with van der Waals surface area (Å²) in [6, 6.07) is 7.87. The summed E-state index contributed by atoms with van der Waals surface area (Å²) >= 11 is 1.60. The van der Waals surface area contributed by atoms with E-state index in [1.807, 2.05) is 24.3 Å². The van der Waals surface area contributed by atoms with Crippen LogP contribution >= 0.6 is 11.3 Å². The largest absolute Gasteiger partial charge is 0.332 e. The van der Waals surface area contributed by atoms with E-state index >= 15 is 0 Å². The quantitative estimate of drug-likeness (QED) is 0.793. The maximum atomic E-state index is 4.73. The van der Waals surface area contributed by atoms with Gasteiger partial charge in [0.2, 0.25) is 5.95 Å². The predicted molar refractivity (Wildman–Crippen MR) is 91.0 cm³/mol. The monoisotopic (exact) mass is 324 g/mol. The third-order valence-electron chi connectivity index (χ3n) is 3.83. The molecule has 1 fully saturated rings. The molecule has 7 heteroatoms. The number of hydrogen-bond acceptors (Lipinski definition) is 7. The van der Waals surface area contributed by atoms with E-state index in [4.69, 9.17) is 4.98 Å². The molecule has 1 saturated heterocycles. The average Bonchev–Trinajstić information content (AvgIpc) is 3.25. The van der Waals surface area contributed by atoms with E-state index in [2.05, 4.69) is 30.5 Å². The van der Waals surface area contributed by atoms with Crippen molar-refractivity contribution in [3.05, 3.63) is 53.9 Å². The molecule has 6 nitrogen and oxygen atoms in total. The van der Waals surface area contributed by atoms with Crippen LogP contribution in [-0.4, -0.2) is 26.5 Å². The Hall–Kier alpha value is -2.54. The Morgan fingerprint density at radius 2 is 1.96 bits per heavy atom. The van der Waals surface area contributed by atoms with Crippen LogP contribution in [0.15, 0.2) is 48.2 Å². The third kappa shape index (κ3) is 3.00. The first kappa shape index (κ1) is 14.1. The Labute approximate surface area is 138 Å². The van der Waals surface area contributed by atoms with E-state index < -0.39 is 0 Å². The molecule has 116 valence electrons. The molecule has 1 aliphatic rings. The second kappa shape index (κ2) is 6.29. The fourth-order valence-electron chi connectivity index (χ4n) is 2.80. The lowest BCUT2D eigenvalue weighted by atomic mass is 10.2. The Morgan fingerprint density at radius 3 is 2.78 bits per heavy atom. The first-order chi connectivity index (χ1) is 11.4. The molecule has 0 saturated carbocycles. The maximum absolute atomic E-state index is 4.73. The van der Waals surface area contributed by atoms with Crippen LogP contribution in [0, 0.1) is 0 Å². The van der Waals surface area contributed by atoms with E-state index in [1.54, 1.807) is 29.9 Å². The van der Waals surface area contributed by atoms with Gasteiger partial charge in [0.25, 0.3) is 0 Å². The summed E-state index contributed by atoms with van der Waals surface area (Å²) in [7, 11) is 0. The highest BCUT2D eigenvalue weighted by atomic mass is 32.1. The molecular formula is C16H16N6S. The van der Waals surface area contributed by atoms with Crippen LogP contribution in [-0.2, 0) is 0 Å². The summed E-state index contributed by atoms with van der Waals surface area (Å²) < 4.78 is 0. The summed E-state index contributed by atoms with van der Waals surface area (Å²) in [5.74, 6) is 1.59. The average molecular weight is 324 g/mol. The molecule has 0 aliphatic carbocycles. The van der Waals surface area contributed by atoms with Crippen molar-refractivity contribution in [2.24, 2.45) is 0 Å². The zero-order valence-corrected chi connectivity index (χ0v) is 13.3. The second-order valence-corrected chi connectivity index (χ2v) is 6.18.